The third-order valence-electron chi connectivity index (χ3n) is 4.38. The summed E-state index contributed by atoms with van der Waals surface area (Å²) in [5, 5.41) is 3.13. The number of carbonyl (C=O) groups is 1. The van der Waals surface area contributed by atoms with E-state index in [4.69, 9.17) is 16.3 Å². The Kier molecular flexibility index (Phi) is 6.96. The van der Waals surface area contributed by atoms with Gasteiger partial charge in [0.2, 0.25) is 15.9 Å². The molecule has 0 saturated carbocycles. The Hall–Kier alpha value is -2.25. The van der Waals surface area contributed by atoms with E-state index in [-0.39, 0.29) is 17.6 Å². The topological polar surface area (TPSA) is 75.7 Å². The van der Waals surface area contributed by atoms with E-state index in [1.165, 1.54) is 13.2 Å². The molecule has 1 N–H and O–H groups in total. The lowest BCUT2D eigenvalue weighted by Crippen LogP contribution is -2.41. The first-order valence-corrected chi connectivity index (χ1v) is 10.9. The highest BCUT2D eigenvalue weighted by molar-refractivity contribution is 7.92. The van der Waals surface area contributed by atoms with Gasteiger partial charge >= 0.3 is 0 Å². The number of aryl methyl sites for hydroxylation is 2. The first kappa shape index (κ1) is 22.0. The van der Waals surface area contributed by atoms with E-state index in [0.717, 1.165) is 27.3 Å². The number of anilines is 1. The minimum absolute atomic E-state index is 0.256. The second-order valence-corrected chi connectivity index (χ2v) is 9.05. The molecule has 2 rings (SSSR count). The van der Waals surface area contributed by atoms with E-state index >= 15 is 0 Å². The molecule has 2 aromatic rings. The van der Waals surface area contributed by atoms with Gasteiger partial charge in [-0.2, -0.15) is 0 Å². The third-order valence-corrected chi connectivity index (χ3v) is 5.82. The van der Waals surface area contributed by atoms with Crippen molar-refractivity contribution in [3.63, 3.8) is 0 Å². The van der Waals surface area contributed by atoms with E-state index in [9.17, 15) is 13.2 Å². The summed E-state index contributed by atoms with van der Waals surface area (Å²) in [6.45, 7) is 5.50. The fraction of sp³-hybridized carbons (Fsp3) is 0.350. The minimum atomic E-state index is -3.69. The van der Waals surface area contributed by atoms with Crippen LogP contribution < -0.4 is 14.4 Å². The molecule has 6 nitrogen and oxygen atoms in total. The Morgan fingerprint density at radius 1 is 1.21 bits per heavy atom. The van der Waals surface area contributed by atoms with Crippen LogP contribution in [-0.2, 0) is 14.8 Å². The fourth-order valence-corrected chi connectivity index (χ4v) is 4.12. The van der Waals surface area contributed by atoms with Crippen LogP contribution in [0.4, 0.5) is 5.69 Å². The van der Waals surface area contributed by atoms with E-state index < -0.39 is 15.9 Å². The number of carbonyl (C=O) groups excluding carboxylic acids is 1. The Morgan fingerprint density at radius 2 is 1.89 bits per heavy atom. The molecular weight excluding hydrogens is 400 g/mol. The van der Waals surface area contributed by atoms with Gasteiger partial charge in [-0.05, 0) is 50.1 Å². The average Bonchev–Trinajstić information content (AvgIpc) is 2.58. The minimum Gasteiger partial charge on any atom is -0.495 e. The highest BCUT2D eigenvalue weighted by Crippen LogP contribution is 2.30. The number of hydrogen-bond donors (Lipinski definition) is 1. The summed E-state index contributed by atoms with van der Waals surface area (Å²) < 4.78 is 30.6. The van der Waals surface area contributed by atoms with E-state index in [2.05, 4.69) is 5.32 Å². The van der Waals surface area contributed by atoms with Crippen LogP contribution >= 0.6 is 11.6 Å². The van der Waals surface area contributed by atoms with Crippen molar-refractivity contribution in [1.29, 1.82) is 0 Å². The van der Waals surface area contributed by atoms with Crippen molar-refractivity contribution < 1.29 is 17.9 Å². The van der Waals surface area contributed by atoms with Crippen molar-refractivity contribution in [3.05, 3.63) is 58.1 Å². The molecule has 0 aliphatic heterocycles. The van der Waals surface area contributed by atoms with Crippen LogP contribution in [0.3, 0.4) is 0 Å². The maximum Gasteiger partial charge on any atom is 0.241 e. The van der Waals surface area contributed by atoms with Crippen LogP contribution in [0, 0.1) is 13.8 Å². The van der Waals surface area contributed by atoms with Gasteiger partial charge in [-0.1, -0.05) is 35.4 Å². The Labute approximate surface area is 171 Å². The van der Waals surface area contributed by atoms with Crippen LogP contribution in [0.5, 0.6) is 5.75 Å². The van der Waals surface area contributed by atoms with E-state index in [1.54, 1.807) is 12.1 Å². The lowest BCUT2D eigenvalue weighted by atomic mass is 10.0. The monoisotopic (exact) mass is 424 g/mol. The van der Waals surface area contributed by atoms with Crippen LogP contribution in [0.1, 0.15) is 29.7 Å². The van der Waals surface area contributed by atoms with Gasteiger partial charge in [0.25, 0.3) is 0 Å². The van der Waals surface area contributed by atoms with Crippen molar-refractivity contribution in [2.24, 2.45) is 0 Å². The van der Waals surface area contributed by atoms with Crippen molar-refractivity contribution in [3.8, 4) is 5.75 Å². The first-order valence-electron chi connectivity index (χ1n) is 8.70. The first-order chi connectivity index (χ1) is 13.0. The summed E-state index contributed by atoms with van der Waals surface area (Å²) in [6.07, 6.45) is 1.05. The van der Waals surface area contributed by atoms with E-state index in [1.807, 2.05) is 39.0 Å². The standard InChI is InChI=1S/C20H25ClN2O4S/c1-13-6-8-17(14(2)10-13)15(3)22-20(24)12-23(28(5,25)26)16-7-9-19(27-4)18(21)11-16/h6-11,15H,12H2,1-5H3,(H,22,24)/t15-/m1/s1. The molecule has 0 heterocycles. The van der Waals surface area contributed by atoms with Crippen LogP contribution in [0.25, 0.3) is 0 Å². The molecule has 0 radical (unpaired) electrons. The number of methoxy groups -OCH3 is 1. The largest absolute Gasteiger partial charge is 0.495 e. The van der Waals surface area contributed by atoms with Crippen LogP contribution in [0.15, 0.2) is 36.4 Å². The van der Waals surface area contributed by atoms with Gasteiger partial charge < -0.3 is 10.1 Å². The molecular formula is C20H25ClN2O4S. The summed E-state index contributed by atoms with van der Waals surface area (Å²) >= 11 is 6.11. The number of rotatable bonds is 7. The van der Waals surface area contributed by atoms with Crippen molar-refractivity contribution in [2.45, 2.75) is 26.8 Å². The molecule has 0 fully saturated rings. The second-order valence-electron chi connectivity index (χ2n) is 6.74. The number of amides is 1. The van der Waals surface area contributed by atoms with Crippen molar-refractivity contribution >= 4 is 33.2 Å². The second kappa shape index (κ2) is 8.84. The SMILES string of the molecule is COc1ccc(N(CC(=O)N[C@H](C)c2ccc(C)cc2C)S(C)(=O)=O)cc1Cl. The molecule has 0 aliphatic rings. The van der Waals surface area contributed by atoms with Gasteiger partial charge in [0.15, 0.2) is 0 Å². The molecule has 0 spiro atoms. The highest BCUT2D eigenvalue weighted by atomic mass is 35.5. The van der Waals surface area contributed by atoms with Gasteiger partial charge in [0.05, 0.1) is 30.1 Å². The number of nitrogens with zero attached hydrogens (tertiary/aromatic N) is 1. The van der Waals surface area contributed by atoms with Gasteiger partial charge in [-0.15, -0.1) is 0 Å². The summed E-state index contributed by atoms with van der Waals surface area (Å²) in [5.74, 6) is 0.0108. The summed E-state index contributed by atoms with van der Waals surface area (Å²) in [6, 6.07) is 10.3. The number of nitrogens with one attached hydrogen (secondary N) is 1. The number of halogens is 1. The van der Waals surface area contributed by atoms with Gasteiger partial charge in [0, 0.05) is 0 Å². The summed E-state index contributed by atoms with van der Waals surface area (Å²) in [5.41, 5.74) is 3.48. The molecule has 0 aliphatic carbocycles. The van der Waals surface area contributed by atoms with Gasteiger partial charge in [-0.25, -0.2) is 8.42 Å². The predicted octanol–water partition coefficient (Wildman–Crippen LogP) is 3.61. The van der Waals surface area contributed by atoms with Gasteiger partial charge in [-0.3, -0.25) is 9.10 Å². The quantitative estimate of drug-likeness (QED) is 0.736. The van der Waals surface area contributed by atoms with Crippen LogP contribution in [0.2, 0.25) is 5.02 Å². The lowest BCUT2D eigenvalue weighted by Gasteiger charge is -2.24. The highest BCUT2D eigenvalue weighted by Gasteiger charge is 2.23. The molecule has 0 bridgehead atoms. The molecule has 2 aromatic carbocycles. The van der Waals surface area contributed by atoms with Crippen molar-refractivity contribution in [2.75, 3.05) is 24.2 Å². The van der Waals surface area contributed by atoms with Gasteiger partial charge in [0.1, 0.15) is 12.3 Å². The molecule has 1 amide bonds. The Bertz CT molecular complexity index is 976. The number of sulfonamides is 1. The molecule has 28 heavy (non-hydrogen) atoms. The Balaban J connectivity index is 2.21. The smallest absolute Gasteiger partial charge is 0.241 e. The van der Waals surface area contributed by atoms with Crippen LogP contribution in [-0.4, -0.2) is 34.2 Å². The maximum atomic E-state index is 12.6. The molecule has 8 heteroatoms. The summed E-state index contributed by atoms with van der Waals surface area (Å²) in [7, 11) is -2.22. The number of ether oxygens (including phenoxy) is 1. The maximum absolute atomic E-state index is 12.6. The molecule has 1 atom stereocenters. The molecule has 0 saturated heterocycles. The third kappa shape index (κ3) is 5.39. The molecule has 0 aromatic heterocycles. The van der Waals surface area contributed by atoms with E-state index in [0.29, 0.717) is 11.4 Å². The lowest BCUT2D eigenvalue weighted by molar-refractivity contribution is -0.120. The predicted molar refractivity (Wildman–Crippen MR) is 113 cm³/mol. The zero-order chi connectivity index (χ0) is 21.1. The fourth-order valence-electron chi connectivity index (χ4n) is 3.02. The summed E-state index contributed by atoms with van der Waals surface area (Å²) in [4.78, 5) is 12.6. The number of hydrogen-bond acceptors (Lipinski definition) is 4. The average molecular weight is 425 g/mol. The zero-order valence-corrected chi connectivity index (χ0v) is 18.2. The molecule has 152 valence electrons. The van der Waals surface area contributed by atoms with Crippen molar-refractivity contribution in [1.82, 2.24) is 5.32 Å². The Morgan fingerprint density at radius 3 is 2.43 bits per heavy atom. The molecule has 0 unspecified atom stereocenters. The number of benzene rings is 2. The normalized spacial score (nSPS) is 12.4. The zero-order valence-electron chi connectivity index (χ0n) is 16.6.